The third-order valence-electron chi connectivity index (χ3n) is 5.56. The van der Waals surface area contributed by atoms with E-state index >= 15 is 0 Å². The Hall–Kier alpha value is -3.25. The summed E-state index contributed by atoms with van der Waals surface area (Å²) in [6.07, 6.45) is 4.92. The van der Waals surface area contributed by atoms with E-state index in [1.807, 2.05) is 41.9 Å². The van der Waals surface area contributed by atoms with Crippen molar-refractivity contribution in [1.82, 2.24) is 14.8 Å². The van der Waals surface area contributed by atoms with Gasteiger partial charge in [0.25, 0.3) is 0 Å². The summed E-state index contributed by atoms with van der Waals surface area (Å²) in [7, 11) is 0. The number of aromatic nitrogens is 3. The van der Waals surface area contributed by atoms with Crippen LogP contribution < -0.4 is 0 Å². The lowest BCUT2D eigenvalue weighted by molar-refractivity contribution is -0.0365. The molecule has 2 aromatic carbocycles. The number of fused-ring (bicyclic) bond motifs is 2. The van der Waals surface area contributed by atoms with E-state index in [1.165, 1.54) is 0 Å². The van der Waals surface area contributed by atoms with E-state index in [1.54, 1.807) is 6.20 Å². The van der Waals surface area contributed by atoms with Crippen LogP contribution in [0.3, 0.4) is 0 Å². The predicted octanol–water partition coefficient (Wildman–Crippen LogP) is 5.31. The molecule has 0 spiro atoms. The van der Waals surface area contributed by atoms with E-state index in [4.69, 9.17) is 20.0 Å². The molecule has 1 saturated heterocycles. The molecular formula is C24H24N4O2. The second-order valence-corrected chi connectivity index (χ2v) is 7.52. The molecule has 1 aliphatic heterocycles. The SMILES string of the molecule is CCOC(=N)c1ccc2c(c1)c(-c1ccc3ncccc3c1)nn2C1CCCCO1. The smallest absolute Gasteiger partial charge is 0.213 e. The Morgan fingerprint density at radius 3 is 2.97 bits per heavy atom. The lowest BCUT2D eigenvalue weighted by Crippen LogP contribution is -2.19. The minimum absolute atomic E-state index is 0.0608. The number of hydrogen-bond acceptors (Lipinski definition) is 5. The zero-order valence-electron chi connectivity index (χ0n) is 17.0. The number of hydrogen-bond donors (Lipinski definition) is 1. The highest BCUT2D eigenvalue weighted by Crippen LogP contribution is 2.34. The largest absolute Gasteiger partial charge is 0.478 e. The van der Waals surface area contributed by atoms with Gasteiger partial charge in [0.2, 0.25) is 5.90 Å². The first-order valence-electron chi connectivity index (χ1n) is 10.5. The molecule has 1 aliphatic rings. The number of rotatable bonds is 4. The maximum Gasteiger partial charge on any atom is 0.213 e. The van der Waals surface area contributed by atoms with Gasteiger partial charge in [0.05, 0.1) is 17.6 Å². The molecule has 6 nitrogen and oxygen atoms in total. The highest BCUT2D eigenvalue weighted by molar-refractivity contribution is 6.01. The van der Waals surface area contributed by atoms with E-state index in [-0.39, 0.29) is 12.1 Å². The molecule has 0 aliphatic carbocycles. The molecule has 1 atom stereocenters. The van der Waals surface area contributed by atoms with Crippen molar-refractivity contribution in [3.63, 3.8) is 0 Å². The lowest BCUT2D eigenvalue weighted by atomic mass is 10.0. The maximum absolute atomic E-state index is 8.21. The third-order valence-corrected chi connectivity index (χ3v) is 5.56. The van der Waals surface area contributed by atoms with E-state index in [2.05, 4.69) is 23.2 Å². The number of ether oxygens (including phenoxy) is 2. The minimum Gasteiger partial charge on any atom is -0.478 e. The van der Waals surface area contributed by atoms with Gasteiger partial charge in [0.15, 0.2) is 6.23 Å². The van der Waals surface area contributed by atoms with Crippen molar-refractivity contribution >= 4 is 27.7 Å². The van der Waals surface area contributed by atoms with Crippen molar-refractivity contribution in [2.75, 3.05) is 13.2 Å². The van der Waals surface area contributed by atoms with E-state index in [0.717, 1.165) is 64.5 Å². The van der Waals surface area contributed by atoms with Gasteiger partial charge in [0, 0.05) is 34.7 Å². The summed E-state index contributed by atoms with van der Waals surface area (Å²) in [5.74, 6) is 0.176. The van der Waals surface area contributed by atoms with Crippen molar-refractivity contribution in [2.45, 2.75) is 32.4 Å². The van der Waals surface area contributed by atoms with Gasteiger partial charge in [-0.3, -0.25) is 10.4 Å². The molecule has 5 rings (SSSR count). The second-order valence-electron chi connectivity index (χ2n) is 7.52. The summed E-state index contributed by atoms with van der Waals surface area (Å²) in [5, 5.41) is 15.3. The van der Waals surface area contributed by atoms with Crippen LogP contribution in [-0.4, -0.2) is 33.9 Å². The highest BCUT2D eigenvalue weighted by atomic mass is 16.5. The lowest BCUT2D eigenvalue weighted by Gasteiger charge is -2.23. The highest BCUT2D eigenvalue weighted by Gasteiger charge is 2.22. The molecule has 30 heavy (non-hydrogen) atoms. The summed E-state index contributed by atoms with van der Waals surface area (Å²) >= 11 is 0. The van der Waals surface area contributed by atoms with Gasteiger partial charge in [-0.2, -0.15) is 5.10 Å². The monoisotopic (exact) mass is 400 g/mol. The second kappa shape index (κ2) is 7.88. The van der Waals surface area contributed by atoms with Crippen LogP contribution >= 0.6 is 0 Å². The van der Waals surface area contributed by atoms with Crippen molar-refractivity contribution in [3.05, 3.63) is 60.3 Å². The number of pyridine rings is 1. The van der Waals surface area contributed by atoms with E-state index in [0.29, 0.717) is 6.61 Å². The van der Waals surface area contributed by atoms with Crippen molar-refractivity contribution in [2.24, 2.45) is 0 Å². The predicted molar refractivity (Wildman–Crippen MR) is 118 cm³/mol. The van der Waals surface area contributed by atoms with Crippen LogP contribution in [0.5, 0.6) is 0 Å². The molecule has 1 fully saturated rings. The van der Waals surface area contributed by atoms with E-state index in [9.17, 15) is 0 Å². The van der Waals surface area contributed by atoms with Crippen LogP contribution in [0.15, 0.2) is 54.7 Å². The zero-order valence-corrected chi connectivity index (χ0v) is 17.0. The van der Waals surface area contributed by atoms with Crippen LogP contribution in [0, 0.1) is 5.41 Å². The molecule has 0 amide bonds. The van der Waals surface area contributed by atoms with Crippen LogP contribution in [0.25, 0.3) is 33.1 Å². The molecule has 0 bridgehead atoms. The summed E-state index contributed by atoms with van der Waals surface area (Å²) < 4.78 is 13.5. The molecular weight excluding hydrogens is 376 g/mol. The van der Waals surface area contributed by atoms with Crippen LogP contribution in [0.1, 0.15) is 38.0 Å². The molecule has 0 radical (unpaired) electrons. The molecule has 1 N–H and O–H groups in total. The van der Waals surface area contributed by atoms with Gasteiger partial charge in [-0.05, 0) is 62.6 Å². The summed E-state index contributed by atoms with van der Waals surface area (Å²) in [6, 6.07) is 16.2. The zero-order chi connectivity index (χ0) is 20.5. The molecule has 152 valence electrons. The van der Waals surface area contributed by atoms with Gasteiger partial charge < -0.3 is 9.47 Å². The summed E-state index contributed by atoms with van der Waals surface area (Å²) in [6.45, 7) is 3.12. The Morgan fingerprint density at radius 2 is 2.13 bits per heavy atom. The third kappa shape index (κ3) is 3.33. The normalized spacial score (nSPS) is 16.8. The molecule has 6 heteroatoms. The fourth-order valence-electron chi connectivity index (χ4n) is 4.08. The Bertz CT molecular complexity index is 1220. The number of nitrogens with one attached hydrogen (secondary N) is 1. The summed E-state index contributed by atoms with van der Waals surface area (Å²) in [5.41, 5.74) is 4.62. The quantitative estimate of drug-likeness (QED) is 0.372. The van der Waals surface area contributed by atoms with Crippen LogP contribution in [-0.2, 0) is 9.47 Å². The van der Waals surface area contributed by atoms with Gasteiger partial charge in [-0.1, -0.05) is 12.1 Å². The van der Waals surface area contributed by atoms with Gasteiger partial charge in [-0.25, -0.2) is 4.68 Å². The maximum atomic E-state index is 8.21. The molecule has 0 saturated carbocycles. The van der Waals surface area contributed by atoms with Crippen molar-refractivity contribution < 1.29 is 9.47 Å². The standard InChI is InChI=1S/C24H24N4O2/c1-2-29-24(25)18-9-11-21-19(15-18)23(27-28(21)22-7-3-4-13-30-22)17-8-10-20-16(14-17)6-5-12-26-20/h5-6,8-12,14-15,22,25H,2-4,7,13H2,1H3. The van der Waals surface area contributed by atoms with Gasteiger partial charge in [-0.15, -0.1) is 0 Å². The Morgan fingerprint density at radius 1 is 1.20 bits per heavy atom. The van der Waals surface area contributed by atoms with Crippen molar-refractivity contribution in [1.29, 1.82) is 5.41 Å². The fourth-order valence-corrected chi connectivity index (χ4v) is 4.08. The van der Waals surface area contributed by atoms with Crippen LogP contribution in [0.4, 0.5) is 0 Å². The molecule has 3 heterocycles. The molecule has 2 aromatic heterocycles. The first-order valence-corrected chi connectivity index (χ1v) is 10.5. The van der Waals surface area contributed by atoms with Crippen molar-refractivity contribution in [3.8, 4) is 11.3 Å². The van der Waals surface area contributed by atoms with Gasteiger partial charge in [0.1, 0.15) is 5.69 Å². The Kier molecular flexibility index (Phi) is 4.93. The fraction of sp³-hybridized carbons (Fsp3) is 0.292. The first kappa shape index (κ1) is 18.8. The topological polar surface area (TPSA) is 73.0 Å². The molecule has 1 unspecified atom stereocenters. The Balaban J connectivity index is 1.69. The number of nitrogens with zero attached hydrogens (tertiary/aromatic N) is 3. The summed E-state index contributed by atoms with van der Waals surface area (Å²) in [4.78, 5) is 4.42. The average molecular weight is 400 g/mol. The van der Waals surface area contributed by atoms with E-state index < -0.39 is 0 Å². The van der Waals surface area contributed by atoms with Crippen LogP contribution in [0.2, 0.25) is 0 Å². The molecule has 4 aromatic rings. The Labute approximate surface area is 175 Å². The number of benzene rings is 2. The average Bonchev–Trinajstić information content (AvgIpc) is 3.18. The van der Waals surface area contributed by atoms with Gasteiger partial charge >= 0.3 is 0 Å². The first-order chi connectivity index (χ1) is 14.7. The minimum atomic E-state index is -0.0608.